The van der Waals surface area contributed by atoms with Crippen LogP contribution in [0, 0.1) is 6.92 Å². The summed E-state index contributed by atoms with van der Waals surface area (Å²) in [6, 6.07) is 7.95. The molecule has 1 aliphatic carbocycles. The summed E-state index contributed by atoms with van der Waals surface area (Å²) in [5, 5.41) is 0.741. The molecule has 134 valence electrons. The van der Waals surface area contributed by atoms with Crippen molar-refractivity contribution < 1.29 is 4.79 Å². The van der Waals surface area contributed by atoms with E-state index in [1.807, 2.05) is 31.2 Å². The second-order valence-corrected chi connectivity index (χ2v) is 7.95. The highest BCUT2D eigenvalue weighted by Crippen LogP contribution is 2.34. The number of hydrogen-bond acceptors (Lipinski definition) is 4. The highest BCUT2D eigenvalue weighted by molar-refractivity contribution is 7.18. The van der Waals surface area contributed by atoms with Crippen molar-refractivity contribution in [3.63, 3.8) is 0 Å². The van der Waals surface area contributed by atoms with Gasteiger partial charge >= 0.3 is 0 Å². The molecular weight excluding hydrogens is 346 g/mol. The van der Waals surface area contributed by atoms with E-state index in [0.29, 0.717) is 5.82 Å². The first kappa shape index (κ1) is 17.0. The highest BCUT2D eigenvalue weighted by Gasteiger charge is 2.22. The van der Waals surface area contributed by atoms with Gasteiger partial charge < -0.3 is 5.73 Å². The quantitative estimate of drug-likeness (QED) is 0.769. The number of primary amides is 1. The van der Waals surface area contributed by atoms with Crippen molar-refractivity contribution in [3.05, 3.63) is 50.6 Å². The first-order valence-electron chi connectivity index (χ1n) is 8.95. The van der Waals surface area contributed by atoms with E-state index in [9.17, 15) is 9.59 Å². The maximum Gasteiger partial charge on any atom is 0.262 e. The number of carbonyl (C=O) groups excluding carboxylic acids is 1. The molecule has 0 saturated carbocycles. The van der Waals surface area contributed by atoms with Crippen LogP contribution in [-0.4, -0.2) is 15.5 Å². The molecule has 4 rings (SSSR count). The van der Waals surface area contributed by atoms with Gasteiger partial charge in [-0.05, 0) is 38.2 Å². The normalized spacial score (nSPS) is 13.7. The fraction of sp³-hybridized carbons (Fsp3) is 0.350. The molecule has 0 saturated heterocycles. The van der Waals surface area contributed by atoms with Crippen molar-refractivity contribution in [2.45, 2.75) is 45.6 Å². The van der Waals surface area contributed by atoms with Gasteiger partial charge in [0.25, 0.3) is 5.56 Å². The minimum atomic E-state index is -0.417. The molecule has 0 fully saturated rings. The number of aromatic nitrogens is 2. The summed E-state index contributed by atoms with van der Waals surface area (Å²) in [5.41, 5.74) is 8.47. The summed E-state index contributed by atoms with van der Waals surface area (Å²) in [5.74, 6) is 0.196. The van der Waals surface area contributed by atoms with Crippen molar-refractivity contribution in [2.24, 2.45) is 5.73 Å². The Kier molecular flexibility index (Phi) is 4.36. The van der Waals surface area contributed by atoms with Crippen LogP contribution in [0.2, 0.25) is 0 Å². The van der Waals surface area contributed by atoms with Crippen LogP contribution in [0.4, 0.5) is 0 Å². The standard InChI is InChI=1S/C20H21N3O2S/c1-12-6-8-13(9-7-12)18-22-19-17(14-4-2-3-5-15(14)26-19)20(25)23(18)11-10-16(21)24/h6-9H,2-5,10-11H2,1H3,(H2,21,24). The van der Waals surface area contributed by atoms with Gasteiger partial charge in [-0.3, -0.25) is 14.2 Å². The Bertz CT molecular complexity index is 1050. The molecule has 1 amide bonds. The molecule has 0 bridgehead atoms. The summed E-state index contributed by atoms with van der Waals surface area (Å²) >= 11 is 1.64. The molecular formula is C20H21N3O2S. The average molecular weight is 367 g/mol. The van der Waals surface area contributed by atoms with Gasteiger partial charge in [0.2, 0.25) is 5.91 Å². The molecule has 26 heavy (non-hydrogen) atoms. The summed E-state index contributed by atoms with van der Waals surface area (Å²) in [6.45, 7) is 2.28. The molecule has 2 heterocycles. The van der Waals surface area contributed by atoms with E-state index in [1.165, 1.54) is 11.3 Å². The third-order valence-corrected chi connectivity index (χ3v) is 6.15. The Morgan fingerprint density at radius 3 is 2.69 bits per heavy atom. The smallest absolute Gasteiger partial charge is 0.262 e. The number of amides is 1. The third-order valence-electron chi connectivity index (χ3n) is 4.97. The second kappa shape index (κ2) is 6.68. The van der Waals surface area contributed by atoms with E-state index < -0.39 is 5.91 Å². The van der Waals surface area contributed by atoms with Crippen LogP contribution in [0.3, 0.4) is 0 Å². The van der Waals surface area contributed by atoms with Gasteiger partial charge in [0.1, 0.15) is 10.7 Å². The highest BCUT2D eigenvalue weighted by atomic mass is 32.1. The van der Waals surface area contributed by atoms with Gasteiger partial charge in [-0.2, -0.15) is 0 Å². The molecule has 0 spiro atoms. The van der Waals surface area contributed by atoms with E-state index in [4.69, 9.17) is 10.7 Å². The van der Waals surface area contributed by atoms with Crippen molar-refractivity contribution in [1.29, 1.82) is 0 Å². The predicted octanol–water partition coefficient (Wildman–Crippen LogP) is 3.19. The first-order chi connectivity index (χ1) is 12.5. The van der Waals surface area contributed by atoms with E-state index in [2.05, 4.69) is 0 Å². The summed E-state index contributed by atoms with van der Waals surface area (Å²) in [6.07, 6.45) is 4.36. The number of thiophene rings is 1. The van der Waals surface area contributed by atoms with E-state index in [1.54, 1.807) is 15.9 Å². The number of nitrogens with zero attached hydrogens (tertiary/aromatic N) is 2. The lowest BCUT2D eigenvalue weighted by molar-refractivity contribution is -0.118. The summed E-state index contributed by atoms with van der Waals surface area (Å²) in [7, 11) is 0. The lowest BCUT2D eigenvalue weighted by atomic mass is 9.97. The van der Waals surface area contributed by atoms with Crippen molar-refractivity contribution in [2.75, 3.05) is 0 Å². The minimum Gasteiger partial charge on any atom is -0.370 e. The number of carbonyl (C=O) groups is 1. The second-order valence-electron chi connectivity index (χ2n) is 6.87. The van der Waals surface area contributed by atoms with Gasteiger partial charge in [0.05, 0.1) is 5.39 Å². The predicted molar refractivity (Wildman–Crippen MR) is 105 cm³/mol. The molecule has 0 aliphatic heterocycles. The number of fused-ring (bicyclic) bond motifs is 3. The van der Waals surface area contributed by atoms with E-state index >= 15 is 0 Å². The lowest BCUT2D eigenvalue weighted by Gasteiger charge is -2.13. The molecule has 0 atom stereocenters. The largest absolute Gasteiger partial charge is 0.370 e. The molecule has 0 radical (unpaired) electrons. The van der Waals surface area contributed by atoms with Gasteiger partial charge in [0.15, 0.2) is 0 Å². The monoisotopic (exact) mass is 367 g/mol. The van der Waals surface area contributed by atoms with Gasteiger partial charge in [0, 0.05) is 23.4 Å². The zero-order chi connectivity index (χ0) is 18.3. The van der Waals surface area contributed by atoms with E-state index in [-0.39, 0.29) is 18.5 Å². The summed E-state index contributed by atoms with van der Waals surface area (Å²) in [4.78, 5) is 31.6. The van der Waals surface area contributed by atoms with Crippen LogP contribution < -0.4 is 11.3 Å². The SMILES string of the molecule is Cc1ccc(-c2nc3sc4c(c3c(=O)n2CCC(N)=O)CCCC4)cc1. The fourth-order valence-electron chi connectivity index (χ4n) is 3.59. The molecule has 3 aromatic rings. The van der Waals surface area contributed by atoms with Crippen LogP contribution in [0.25, 0.3) is 21.6 Å². The number of aryl methyl sites for hydroxylation is 3. The van der Waals surface area contributed by atoms with Crippen LogP contribution in [0.15, 0.2) is 29.1 Å². The number of nitrogens with two attached hydrogens (primary N) is 1. The molecule has 1 aromatic carbocycles. The Hall–Kier alpha value is -2.47. The Balaban J connectivity index is 1.96. The minimum absolute atomic E-state index is 0.0498. The van der Waals surface area contributed by atoms with Crippen molar-refractivity contribution in [1.82, 2.24) is 9.55 Å². The van der Waals surface area contributed by atoms with Crippen molar-refractivity contribution >= 4 is 27.5 Å². The lowest BCUT2D eigenvalue weighted by Crippen LogP contribution is -2.26. The molecule has 0 unspecified atom stereocenters. The fourth-order valence-corrected chi connectivity index (χ4v) is 4.84. The topological polar surface area (TPSA) is 78.0 Å². The molecule has 6 heteroatoms. The zero-order valence-corrected chi connectivity index (χ0v) is 15.6. The van der Waals surface area contributed by atoms with Crippen LogP contribution in [-0.2, 0) is 24.2 Å². The number of benzene rings is 1. The number of rotatable bonds is 4. The maximum atomic E-state index is 13.3. The summed E-state index contributed by atoms with van der Waals surface area (Å²) < 4.78 is 1.62. The van der Waals surface area contributed by atoms with Crippen LogP contribution in [0.5, 0.6) is 0 Å². The Labute approximate surface area is 155 Å². The van der Waals surface area contributed by atoms with Crippen LogP contribution >= 0.6 is 11.3 Å². The molecule has 5 nitrogen and oxygen atoms in total. The Morgan fingerprint density at radius 1 is 1.23 bits per heavy atom. The van der Waals surface area contributed by atoms with Gasteiger partial charge in [-0.1, -0.05) is 29.8 Å². The number of hydrogen-bond donors (Lipinski definition) is 1. The van der Waals surface area contributed by atoms with Gasteiger partial charge in [-0.25, -0.2) is 4.98 Å². The third kappa shape index (κ3) is 2.94. The zero-order valence-electron chi connectivity index (χ0n) is 14.7. The molecule has 1 aliphatic rings. The van der Waals surface area contributed by atoms with Crippen molar-refractivity contribution in [3.8, 4) is 11.4 Å². The van der Waals surface area contributed by atoms with Crippen LogP contribution in [0.1, 0.15) is 35.3 Å². The Morgan fingerprint density at radius 2 is 1.96 bits per heavy atom. The maximum absolute atomic E-state index is 13.3. The molecule has 2 N–H and O–H groups in total. The molecule has 2 aromatic heterocycles. The van der Waals surface area contributed by atoms with Gasteiger partial charge in [-0.15, -0.1) is 11.3 Å². The average Bonchev–Trinajstić information content (AvgIpc) is 3.00. The first-order valence-corrected chi connectivity index (χ1v) is 9.76. The van der Waals surface area contributed by atoms with E-state index in [0.717, 1.165) is 46.2 Å².